The van der Waals surface area contributed by atoms with Crippen LogP contribution < -0.4 is 11.1 Å². The number of carbonyl (C=O) groups excluding carboxylic acids is 2. The lowest BCUT2D eigenvalue weighted by molar-refractivity contribution is -0.115. The number of nitrogen functional groups attached to an aromatic ring is 1. The van der Waals surface area contributed by atoms with Crippen molar-refractivity contribution in [1.82, 2.24) is 4.90 Å². The van der Waals surface area contributed by atoms with Crippen molar-refractivity contribution < 1.29 is 14.7 Å². The van der Waals surface area contributed by atoms with Gasteiger partial charge in [0.2, 0.25) is 5.91 Å². The molecule has 0 saturated carbocycles. The molecule has 2 aromatic carbocycles. The molecule has 0 aromatic heterocycles. The largest absolute Gasteiger partial charge is 0.508 e. The van der Waals surface area contributed by atoms with Crippen LogP contribution in [0.3, 0.4) is 0 Å². The molecule has 0 unspecified atom stereocenters. The number of aromatic hydroxyl groups is 1. The first-order valence-corrected chi connectivity index (χ1v) is 9.28. The fraction of sp³-hybridized carbons (Fsp3) is 0.250. The number of nitrogens with two attached hydrogens (primary N) is 1. The molecule has 0 radical (unpaired) electrons. The minimum Gasteiger partial charge on any atom is -0.508 e. The van der Waals surface area contributed by atoms with Gasteiger partial charge in [0, 0.05) is 29.9 Å². The second-order valence-electron chi connectivity index (χ2n) is 6.68. The molecule has 3 rings (SSSR count). The molecule has 0 aliphatic carbocycles. The number of carbonyl (C=O) groups is 2. The summed E-state index contributed by atoms with van der Waals surface area (Å²) in [5.41, 5.74) is 7.09. The van der Waals surface area contributed by atoms with Crippen LogP contribution in [0.2, 0.25) is 5.02 Å². The van der Waals surface area contributed by atoms with Gasteiger partial charge >= 0.3 is 0 Å². The Morgan fingerprint density at radius 3 is 2.54 bits per heavy atom. The maximum atomic E-state index is 12.5. The standard InChI is InChI=1S/C20H21ClN4O3/c21-16-11-14(4-5-15(16)20(28)25-7-1-2-8-25)24-18(27)10-13-9-12(19(22)23)3-6-17(13)26/h3-6,9,11,26H,1-2,7-8,10H2,(H3,22,23)(H,24,27). The topological polar surface area (TPSA) is 120 Å². The van der Waals surface area contributed by atoms with Crippen LogP contribution in [0.4, 0.5) is 5.69 Å². The number of amidine groups is 1. The van der Waals surface area contributed by atoms with Gasteiger partial charge in [-0.2, -0.15) is 0 Å². The van der Waals surface area contributed by atoms with Gasteiger partial charge in [-0.15, -0.1) is 0 Å². The monoisotopic (exact) mass is 400 g/mol. The molecule has 0 atom stereocenters. The van der Waals surface area contributed by atoms with Gasteiger partial charge in [0.15, 0.2) is 0 Å². The molecule has 2 aromatic rings. The highest BCUT2D eigenvalue weighted by Crippen LogP contribution is 2.25. The molecule has 8 heteroatoms. The molecule has 1 aliphatic rings. The molecule has 146 valence electrons. The summed E-state index contributed by atoms with van der Waals surface area (Å²) in [6.45, 7) is 1.47. The number of nitrogens with zero attached hydrogens (tertiary/aromatic N) is 1. The highest BCUT2D eigenvalue weighted by Gasteiger charge is 2.21. The molecule has 0 spiro atoms. The van der Waals surface area contributed by atoms with E-state index in [0.717, 1.165) is 25.9 Å². The summed E-state index contributed by atoms with van der Waals surface area (Å²) in [4.78, 5) is 26.6. The van der Waals surface area contributed by atoms with E-state index in [1.165, 1.54) is 24.3 Å². The molecular formula is C20H21ClN4O3. The average molecular weight is 401 g/mol. The first-order valence-electron chi connectivity index (χ1n) is 8.90. The van der Waals surface area contributed by atoms with Crippen molar-refractivity contribution in [2.75, 3.05) is 18.4 Å². The third-order valence-corrected chi connectivity index (χ3v) is 4.93. The first-order chi connectivity index (χ1) is 13.3. The molecule has 0 bridgehead atoms. The zero-order chi connectivity index (χ0) is 20.3. The van der Waals surface area contributed by atoms with Crippen LogP contribution in [-0.4, -0.2) is 40.7 Å². The first kappa shape index (κ1) is 19.7. The van der Waals surface area contributed by atoms with E-state index < -0.39 is 0 Å². The molecule has 7 nitrogen and oxygen atoms in total. The number of likely N-dealkylation sites (tertiary alicyclic amines) is 1. The van der Waals surface area contributed by atoms with Crippen molar-refractivity contribution in [3.05, 3.63) is 58.1 Å². The Hall–Kier alpha value is -3.06. The van der Waals surface area contributed by atoms with Crippen LogP contribution in [0.25, 0.3) is 0 Å². The van der Waals surface area contributed by atoms with Crippen LogP contribution in [-0.2, 0) is 11.2 Å². The summed E-state index contributed by atoms with van der Waals surface area (Å²) in [7, 11) is 0. The van der Waals surface area contributed by atoms with Crippen molar-refractivity contribution in [3.63, 3.8) is 0 Å². The van der Waals surface area contributed by atoms with E-state index in [-0.39, 0.29) is 34.8 Å². The van der Waals surface area contributed by atoms with Crippen LogP contribution in [0.15, 0.2) is 36.4 Å². The molecule has 2 amide bonds. The summed E-state index contributed by atoms with van der Waals surface area (Å²) in [6.07, 6.45) is 1.89. The minimum atomic E-state index is -0.370. The summed E-state index contributed by atoms with van der Waals surface area (Å²) in [6, 6.07) is 9.17. The Kier molecular flexibility index (Phi) is 5.84. The Morgan fingerprint density at radius 2 is 1.89 bits per heavy atom. The number of amides is 2. The lowest BCUT2D eigenvalue weighted by atomic mass is 10.1. The second kappa shape index (κ2) is 8.31. The predicted molar refractivity (Wildman–Crippen MR) is 108 cm³/mol. The summed E-state index contributed by atoms with van der Waals surface area (Å²) >= 11 is 6.25. The van der Waals surface area contributed by atoms with Gasteiger partial charge in [-0.3, -0.25) is 15.0 Å². The van der Waals surface area contributed by atoms with Crippen molar-refractivity contribution >= 4 is 34.9 Å². The summed E-state index contributed by atoms with van der Waals surface area (Å²) < 4.78 is 0. The third kappa shape index (κ3) is 4.43. The van der Waals surface area contributed by atoms with Crippen LogP contribution in [0.1, 0.15) is 34.3 Å². The minimum absolute atomic E-state index is 0.0512. The van der Waals surface area contributed by atoms with Crippen molar-refractivity contribution in [1.29, 1.82) is 5.41 Å². The van der Waals surface area contributed by atoms with E-state index >= 15 is 0 Å². The number of nitrogens with one attached hydrogen (secondary N) is 2. The van der Waals surface area contributed by atoms with Gasteiger partial charge in [0.1, 0.15) is 11.6 Å². The zero-order valence-corrected chi connectivity index (χ0v) is 15.9. The fourth-order valence-corrected chi connectivity index (χ4v) is 3.39. The van der Waals surface area contributed by atoms with Crippen molar-refractivity contribution in [2.45, 2.75) is 19.3 Å². The lowest BCUT2D eigenvalue weighted by Gasteiger charge is -2.16. The SMILES string of the molecule is N=C(N)c1ccc(O)c(CC(=O)Nc2ccc(C(=O)N3CCCC3)c(Cl)c2)c1. The molecule has 1 saturated heterocycles. The maximum absolute atomic E-state index is 12.5. The number of rotatable bonds is 5. The van der Waals surface area contributed by atoms with E-state index in [9.17, 15) is 14.7 Å². The van der Waals surface area contributed by atoms with Gasteiger partial charge in [0.05, 0.1) is 17.0 Å². The van der Waals surface area contributed by atoms with E-state index in [2.05, 4.69) is 5.32 Å². The van der Waals surface area contributed by atoms with Gasteiger partial charge in [-0.1, -0.05) is 11.6 Å². The van der Waals surface area contributed by atoms with Crippen LogP contribution in [0, 0.1) is 5.41 Å². The smallest absolute Gasteiger partial charge is 0.255 e. The van der Waals surface area contributed by atoms with Gasteiger partial charge < -0.3 is 21.1 Å². The van der Waals surface area contributed by atoms with Crippen molar-refractivity contribution in [2.24, 2.45) is 5.73 Å². The quantitative estimate of drug-likeness (QED) is 0.455. The molecule has 1 fully saturated rings. The molecule has 5 N–H and O–H groups in total. The third-order valence-electron chi connectivity index (χ3n) is 4.62. The number of phenols is 1. The second-order valence-corrected chi connectivity index (χ2v) is 7.08. The Bertz CT molecular complexity index is 939. The fourth-order valence-electron chi connectivity index (χ4n) is 3.13. The lowest BCUT2D eigenvalue weighted by Crippen LogP contribution is -2.27. The van der Waals surface area contributed by atoms with Gasteiger partial charge in [-0.05, 0) is 49.2 Å². The Balaban J connectivity index is 1.69. The number of benzene rings is 2. The van der Waals surface area contributed by atoms with E-state index in [1.54, 1.807) is 17.0 Å². The number of halogens is 1. The maximum Gasteiger partial charge on any atom is 0.255 e. The summed E-state index contributed by atoms with van der Waals surface area (Å²) in [5.74, 6) is -0.673. The number of hydrogen-bond donors (Lipinski definition) is 4. The van der Waals surface area contributed by atoms with Crippen LogP contribution >= 0.6 is 11.6 Å². The Morgan fingerprint density at radius 1 is 1.18 bits per heavy atom. The molecule has 28 heavy (non-hydrogen) atoms. The van der Waals surface area contributed by atoms with Gasteiger partial charge in [-0.25, -0.2) is 0 Å². The molecule has 1 heterocycles. The zero-order valence-electron chi connectivity index (χ0n) is 15.2. The predicted octanol–water partition coefficient (Wildman–Crippen LogP) is 2.75. The summed E-state index contributed by atoms with van der Waals surface area (Å²) in [5, 5.41) is 20.3. The van der Waals surface area contributed by atoms with E-state index in [4.69, 9.17) is 22.7 Å². The van der Waals surface area contributed by atoms with E-state index in [0.29, 0.717) is 22.4 Å². The normalized spacial score (nSPS) is 13.4. The molecule has 1 aliphatic heterocycles. The van der Waals surface area contributed by atoms with Crippen LogP contribution in [0.5, 0.6) is 5.75 Å². The van der Waals surface area contributed by atoms with E-state index in [1.807, 2.05) is 0 Å². The number of anilines is 1. The number of hydrogen-bond acceptors (Lipinski definition) is 4. The van der Waals surface area contributed by atoms with Gasteiger partial charge in [0.25, 0.3) is 5.91 Å². The Labute approximate surface area is 167 Å². The number of phenolic OH excluding ortho intramolecular Hbond substituents is 1. The van der Waals surface area contributed by atoms with Crippen molar-refractivity contribution in [3.8, 4) is 5.75 Å². The highest BCUT2D eigenvalue weighted by molar-refractivity contribution is 6.34. The average Bonchev–Trinajstić information content (AvgIpc) is 3.17. The highest BCUT2D eigenvalue weighted by atomic mass is 35.5. The molecular weight excluding hydrogens is 380 g/mol.